The van der Waals surface area contributed by atoms with E-state index >= 15 is 0 Å². The molecule has 3 nitrogen and oxygen atoms in total. The van der Waals surface area contributed by atoms with Gasteiger partial charge in [0.2, 0.25) is 0 Å². The molecule has 2 fully saturated rings. The number of hydrogen-bond donors (Lipinski definition) is 0. The minimum absolute atomic E-state index is 0.0525. The lowest BCUT2D eigenvalue weighted by molar-refractivity contribution is -0.141. The number of rotatable bonds is 2. The fourth-order valence-corrected chi connectivity index (χ4v) is 2.47. The lowest BCUT2D eigenvalue weighted by Gasteiger charge is -2.26. The average Bonchev–Trinajstić information content (AvgIpc) is 2.84. The first kappa shape index (κ1) is 10.7. The predicted octanol–water partition coefficient (Wildman–Crippen LogP) is 2.06. The van der Waals surface area contributed by atoms with Crippen LogP contribution in [0.3, 0.4) is 0 Å². The van der Waals surface area contributed by atoms with Crippen molar-refractivity contribution in [2.24, 2.45) is 5.92 Å². The first-order chi connectivity index (χ1) is 7.04. The summed E-state index contributed by atoms with van der Waals surface area (Å²) in [5, 5.41) is 0. The Morgan fingerprint density at radius 3 is 3.13 bits per heavy atom. The second kappa shape index (κ2) is 3.63. The van der Waals surface area contributed by atoms with Gasteiger partial charge in [-0.1, -0.05) is 13.5 Å². The zero-order valence-corrected chi connectivity index (χ0v) is 9.41. The van der Waals surface area contributed by atoms with Crippen molar-refractivity contribution in [3.63, 3.8) is 0 Å². The Kier molecular flexibility index (Phi) is 2.59. The van der Waals surface area contributed by atoms with E-state index in [4.69, 9.17) is 9.47 Å². The topological polar surface area (TPSA) is 38.8 Å². The Bertz CT molecular complexity index is 297. The quantitative estimate of drug-likeness (QED) is 0.398. The number of ether oxygens (including phenoxy) is 2. The van der Waals surface area contributed by atoms with Gasteiger partial charge in [-0.05, 0) is 30.8 Å². The van der Waals surface area contributed by atoms with Crippen LogP contribution in [0.1, 0.15) is 33.1 Å². The Labute approximate surface area is 90.4 Å². The summed E-state index contributed by atoms with van der Waals surface area (Å²) < 4.78 is 10.7. The Morgan fingerprint density at radius 2 is 2.47 bits per heavy atom. The molecule has 0 N–H and O–H groups in total. The van der Waals surface area contributed by atoms with Gasteiger partial charge >= 0.3 is 5.97 Å². The Morgan fingerprint density at radius 1 is 1.73 bits per heavy atom. The molecule has 15 heavy (non-hydrogen) atoms. The van der Waals surface area contributed by atoms with E-state index in [0.717, 1.165) is 12.8 Å². The molecule has 3 unspecified atom stereocenters. The smallest absolute Gasteiger partial charge is 0.302 e. The van der Waals surface area contributed by atoms with Gasteiger partial charge in [0.1, 0.15) is 18.3 Å². The van der Waals surface area contributed by atoms with Gasteiger partial charge in [0.25, 0.3) is 0 Å². The summed E-state index contributed by atoms with van der Waals surface area (Å²) in [7, 11) is 0. The van der Waals surface area contributed by atoms with Gasteiger partial charge < -0.3 is 9.47 Å². The van der Waals surface area contributed by atoms with Gasteiger partial charge in [0.15, 0.2) is 0 Å². The second-order valence-corrected chi connectivity index (χ2v) is 4.75. The molecule has 1 heterocycles. The number of hydrogen-bond acceptors (Lipinski definition) is 3. The van der Waals surface area contributed by atoms with Gasteiger partial charge in [-0.2, -0.15) is 0 Å². The van der Waals surface area contributed by atoms with Crippen molar-refractivity contribution in [3.8, 4) is 0 Å². The van der Waals surface area contributed by atoms with E-state index in [1.54, 1.807) is 0 Å². The maximum Gasteiger partial charge on any atom is 0.302 e. The minimum atomic E-state index is -0.241. The summed E-state index contributed by atoms with van der Waals surface area (Å²) in [6.45, 7) is 8.11. The number of carbonyl (C=O) groups excluding carboxylic acids is 1. The highest BCUT2D eigenvalue weighted by Gasteiger charge is 2.60. The lowest BCUT2D eigenvalue weighted by Crippen LogP contribution is -2.28. The largest absolute Gasteiger partial charge is 0.463 e. The molecule has 1 spiro atoms. The molecule has 84 valence electrons. The molecule has 0 aromatic rings. The molecule has 0 aromatic carbocycles. The summed E-state index contributed by atoms with van der Waals surface area (Å²) in [5.41, 5.74) is 1.02. The van der Waals surface area contributed by atoms with Crippen LogP contribution in [0, 0.1) is 5.92 Å². The van der Waals surface area contributed by atoms with Gasteiger partial charge in [-0.3, -0.25) is 4.79 Å². The van der Waals surface area contributed by atoms with Crippen LogP contribution < -0.4 is 0 Å². The third-order valence-electron chi connectivity index (χ3n) is 3.44. The third kappa shape index (κ3) is 1.93. The van der Waals surface area contributed by atoms with Crippen molar-refractivity contribution < 1.29 is 14.3 Å². The molecule has 2 aliphatic rings. The highest BCUT2D eigenvalue weighted by Crippen LogP contribution is 2.52. The second-order valence-electron chi connectivity index (χ2n) is 4.75. The zero-order chi connectivity index (χ0) is 11.1. The maximum absolute atomic E-state index is 10.7. The van der Waals surface area contributed by atoms with E-state index in [2.05, 4.69) is 13.5 Å². The minimum Gasteiger partial charge on any atom is -0.463 e. The molecule has 0 amide bonds. The van der Waals surface area contributed by atoms with E-state index in [9.17, 15) is 4.79 Å². The van der Waals surface area contributed by atoms with E-state index in [1.165, 1.54) is 18.9 Å². The normalized spacial score (nSPS) is 39.2. The van der Waals surface area contributed by atoms with Crippen LogP contribution in [0.5, 0.6) is 0 Å². The zero-order valence-electron chi connectivity index (χ0n) is 9.41. The van der Waals surface area contributed by atoms with E-state index in [0.29, 0.717) is 12.5 Å². The van der Waals surface area contributed by atoms with Gasteiger partial charge in [-0.25, -0.2) is 0 Å². The predicted molar refractivity (Wildman–Crippen MR) is 56.4 cm³/mol. The molecule has 1 saturated carbocycles. The van der Waals surface area contributed by atoms with E-state index in [-0.39, 0.29) is 17.7 Å². The molecular formula is C12H18O3. The third-order valence-corrected chi connectivity index (χ3v) is 3.44. The summed E-state index contributed by atoms with van der Waals surface area (Å²) in [5.74, 6) is 0.438. The van der Waals surface area contributed by atoms with E-state index in [1.807, 2.05) is 0 Å². The van der Waals surface area contributed by atoms with Crippen molar-refractivity contribution in [3.05, 3.63) is 12.2 Å². The standard InChI is InChI=1S/C12H18O3/c1-8-4-5-9(2)12(6-8)11(15-12)7-14-10(3)13/h8,11H,2,4-7H2,1,3H3. The van der Waals surface area contributed by atoms with E-state index < -0.39 is 0 Å². The Hall–Kier alpha value is -0.830. The molecule has 1 saturated heterocycles. The molecule has 0 bridgehead atoms. The maximum atomic E-state index is 10.7. The van der Waals surface area contributed by atoms with Crippen molar-refractivity contribution >= 4 is 5.97 Å². The molecule has 2 rings (SSSR count). The molecule has 0 aromatic heterocycles. The van der Waals surface area contributed by atoms with Crippen molar-refractivity contribution in [2.75, 3.05) is 6.61 Å². The van der Waals surface area contributed by atoms with Crippen LogP contribution in [0.4, 0.5) is 0 Å². The summed E-state index contributed by atoms with van der Waals surface area (Å²) in [6.07, 6.45) is 3.32. The average molecular weight is 210 g/mol. The van der Waals surface area contributed by atoms with Crippen LogP contribution in [0.15, 0.2) is 12.2 Å². The molecule has 1 aliphatic heterocycles. The number of epoxide rings is 1. The highest BCUT2D eigenvalue weighted by atomic mass is 16.6. The van der Waals surface area contributed by atoms with Crippen molar-refractivity contribution in [1.29, 1.82) is 0 Å². The first-order valence-corrected chi connectivity index (χ1v) is 5.54. The number of carbonyl (C=O) groups is 1. The van der Waals surface area contributed by atoms with Crippen LogP contribution in [0.25, 0.3) is 0 Å². The van der Waals surface area contributed by atoms with Crippen LogP contribution in [-0.4, -0.2) is 24.3 Å². The molecule has 3 heteroatoms. The van der Waals surface area contributed by atoms with Crippen molar-refractivity contribution in [1.82, 2.24) is 0 Å². The monoisotopic (exact) mass is 210 g/mol. The van der Waals surface area contributed by atoms with Gasteiger partial charge in [0, 0.05) is 6.92 Å². The molecule has 3 atom stereocenters. The van der Waals surface area contributed by atoms with Crippen LogP contribution >= 0.6 is 0 Å². The first-order valence-electron chi connectivity index (χ1n) is 5.54. The molecule has 0 radical (unpaired) electrons. The fourth-order valence-electron chi connectivity index (χ4n) is 2.47. The van der Waals surface area contributed by atoms with Crippen LogP contribution in [-0.2, 0) is 14.3 Å². The molecule has 1 aliphatic carbocycles. The Balaban J connectivity index is 1.92. The summed E-state index contributed by atoms with van der Waals surface area (Å²) in [6, 6.07) is 0. The van der Waals surface area contributed by atoms with Gasteiger partial charge in [0.05, 0.1) is 0 Å². The summed E-state index contributed by atoms with van der Waals surface area (Å²) in [4.78, 5) is 10.7. The fraction of sp³-hybridized carbons (Fsp3) is 0.750. The summed E-state index contributed by atoms with van der Waals surface area (Å²) >= 11 is 0. The van der Waals surface area contributed by atoms with Crippen molar-refractivity contribution in [2.45, 2.75) is 44.8 Å². The number of esters is 1. The molecular weight excluding hydrogens is 192 g/mol. The van der Waals surface area contributed by atoms with Crippen LogP contribution in [0.2, 0.25) is 0 Å². The lowest BCUT2D eigenvalue weighted by atomic mass is 9.77. The SMILES string of the molecule is C=C1CCC(C)CC12OC2COC(C)=O. The van der Waals surface area contributed by atoms with Gasteiger partial charge in [-0.15, -0.1) is 0 Å². The highest BCUT2D eigenvalue weighted by molar-refractivity contribution is 5.66.